The molecule has 1 saturated heterocycles. The van der Waals surface area contributed by atoms with Crippen molar-refractivity contribution in [2.24, 2.45) is 0 Å². The lowest BCUT2D eigenvalue weighted by Crippen LogP contribution is -2.40. The summed E-state index contributed by atoms with van der Waals surface area (Å²) in [6.07, 6.45) is 0. The third-order valence-electron chi connectivity index (χ3n) is 4.42. The SMILES string of the molecule is COc1ccc(NS(=O)(=O)c2ccc(CNC(C)=O)s2)cc1S(=O)(=O)N1CCOCC1. The highest BCUT2D eigenvalue weighted by molar-refractivity contribution is 7.94. The van der Waals surface area contributed by atoms with Crippen LogP contribution < -0.4 is 14.8 Å². The van der Waals surface area contributed by atoms with Gasteiger partial charge in [-0.05, 0) is 30.3 Å². The van der Waals surface area contributed by atoms with Crippen molar-refractivity contribution in [2.75, 3.05) is 38.1 Å². The molecule has 1 amide bonds. The van der Waals surface area contributed by atoms with Crippen molar-refractivity contribution in [3.8, 4) is 5.75 Å². The van der Waals surface area contributed by atoms with Crippen LogP contribution in [0.3, 0.4) is 0 Å². The molecule has 170 valence electrons. The van der Waals surface area contributed by atoms with E-state index in [9.17, 15) is 21.6 Å². The van der Waals surface area contributed by atoms with E-state index in [0.717, 1.165) is 11.3 Å². The Morgan fingerprint density at radius 1 is 1.16 bits per heavy atom. The minimum Gasteiger partial charge on any atom is -0.495 e. The quantitative estimate of drug-likeness (QED) is 0.570. The third kappa shape index (κ3) is 5.54. The van der Waals surface area contributed by atoms with E-state index in [4.69, 9.17) is 9.47 Å². The maximum absolute atomic E-state index is 13.1. The summed E-state index contributed by atoms with van der Waals surface area (Å²) in [5, 5.41) is 2.61. The highest BCUT2D eigenvalue weighted by Gasteiger charge is 2.30. The van der Waals surface area contributed by atoms with Gasteiger partial charge in [-0.25, -0.2) is 16.8 Å². The number of nitrogens with one attached hydrogen (secondary N) is 2. The molecular weight excluding hydrogens is 466 g/mol. The molecule has 2 aromatic rings. The fraction of sp³-hybridized carbons (Fsp3) is 0.389. The zero-order chi connectivity index (χ0) is 22.6. The molecule has 0 aliphatic carbocycles. The number of morpholine rings is 1. The maximum Gasteiger partial charge on any atom is 0.271 e. The van der Waals surface area contributed by atoms with Crippen molar-refractivity contribution in [3.05, 3.63) is 35.2 Å². The molecule has 2 N–H and O–H groups in total. The van der Waals surface area contributed by atoms with E-state index < -0.39 is 20.0 Å². The van der Waals surface area contributed by atoms with E-state index in [1.165, 1.54) is 42.6 Å². The first-order valence-electron chi connectivity index (χ1n) is 9.25. The van der Waals surface area contributed by atoms with Crippen molar-refractivity contribution in [2.45, 2.75) is 22.6 Å². The second kappa shape index (κ2) is 9.53. The summed E-state index contributed by atoms with van der Waals surface area (Å²) in [4.78, 5) is 11.6. The predicted molar refractivity (Wildman–Crippen MR) is 115 cm³/mol. The number of methoxy groups -OCH3 is 1. The molecule has 1 aromatic heterocycles. The van der Waals surface area contributed by atoms with E-state index in [1.807, 2.05) is 0 Å². The molecule has 1 aliphatic heterocycles. The van der Waals surface area contributed by atoms with Crippen LogP contribution in [0, 0.1) is 0 Å². The maximum atomic E-state index is 13.1. The number of amides is 1. The van der Waals surface area contributed by atoms with E-state index >= 15 is 0 Å². The molecule has 1 fully saturated rings. The number of carbonyl (C=O) groups excluding carboxylic acids is 1. The Labute approximate surface area is 185 Å². The van der Waals surface area contributed by atoms with Crippen molar-refractivity contribution in [1.82, 2.24) is 9.62 Å². The summed E-state index contributed by atoms with van der Waals surface area (Å²) >= 11 is 1.01. The van der Waals surface area contributed by atoms with Crippen LogP contribution in [0.2, 0.25) is 0 Å². The molecule has 0 radical (unpaired) electrons. The lowest BCUT2D eigenvalue weighted by molar-refractivity contribution is -0.119. The lowest BCUT2D eigenvalue weighted by atomic mass is 10.3. The molecule has 1 aliphatic rings. The molecule has 0 saturated carbocycles. The van der Waals surface area contributed by atoms with Gasteiger partial charge in [-0.2, -0.15) is 4.31 Å². The first-order chi connectivity index (χ1) is 14.6. The molecule has 0 spiro atoms. The zero-order valence-electron chi connectivity index (χ0n) is 17.0. The van der Waals surface area contributed by atoms with Crippen LogP contribution in [0.5, 0.6) is 5.75 Å². The average Bonchev–Trinajstić information content (AvgIpc) is 3.23. The van der Waals surface area contributed by atoms with Crippen molar-refractivity contribution < 1.29 is 31.1 Å². The normalized spacial score (nSPS) is 15.4. The molecule has 0 unspecified atom stereocenters. The summed E-state index contributed by atoms with van der Waals surface area (Å²) < 4.78 is 65.8. The monoisotopic (exact) mass is 489 g/mol. The Morgan fingerprint density at radius 3 is 2.52 bits per heavy atom. The van der Waals surface area contributed by atoms with E-state index in [1.54, 1.807) is 6.07 Å². The number of carbonyl (C=O) groups is 1. The Bertz CT molecular complexity index is 1150. The first-order valence-corrected chi connectivity index (χ1v) is 13.0. The molecule has 2 heterocycles. The second-order valence-corrected chi connectivity index (χ2v) is 11.6. The van der Waals surface area contributed by atoms with Crippen LogP contribution in [0.1, 0.15) is 11.8 Å². The van der Waals surface area contributed by atoms with Crippen molar-refractivity contribution >= 4 is 43.0 Å². The van der Waals surface area contributed by atoms with Gasteiger partial charge in [0.15, 0.2) is 0 Å². The smallest absolute Gasteiger partial charge is 0.271 e. The van der Waals surface area contributed by atoms with Gasteiger partial charge in [0.1, 0.15) is 14.9 Å². The van der Waals surface area contributed by atoms with Crippen LogP contribution >= 0.6 is 11.3 Å². The molecule has 0 bridgehead atoms. The van der Waals surface area contributed by atoms with Gasteiger partial charge in [-0.3, -0.25) is 9.52 Å². The number of benzene rings is 1. The Kier molecular flexibility index (Phi) is 7.21. The van der Waals surface area contributed by atoms with Gasteiger partial charge < -0.3 is 14.8 Å². The van der Waals surface area contributed by atoms with Gasteiger partial charge in [0, 0.05) is 24.9 Å². The van der Waals surface area contributed by atoms with E-state index in [2.05, 4.69) is 10.0 Å². The fourth-order valence-electron chi connectivity index (χ4n) is 2.88. The predicted octanol–water partition coefficient (Wildman–Crippen LogP) is 1.21. The van der Waals surface area contributed by atoms with Gasteiger partial charge >= 0.3 is 0 Å². The van der Waals surface area contributed by atoms with Crippen LogP contribution in [0.25, 0.3) is 0 Å². The summed E-state index contributed by atoms with van der Waals surface area (Å²) in [6, 6.07) is 7.12. The number of ether oxygens (including phenoxy) is 2. The van der Waals surface area contributed by atoms with Gasteiger partial charge in [0.05, 0.1) is 32.6 Å². The molecule has 1 aromatic carbocycles. The number of thiophene rings is 1. The van der Waals surface area contributed by atoms with Crippen molar-refractivity contribution in [3.63, 3.8) is 0 Å². The van der Waals surface area contributed by atoms with Crippen molar-refractivity contribution in [1.29, 1.82) is 0 Å². The average molecular weight is 490 g/mol. The second-order valence-electron chi connectivity index (χ2n) is 6.62. The van der Waals surface area contributed by atoms with E-state index in [-0.39, 0.29) is 59.3 Å². The van der Waals surface area contributed by atoms with Gasteiger partial charge in [-0.1, -0.05) is 0 Å². The summed E-state index contributed by atoms with van der Waals surface area (Å²) in [5.41, 5.74) is 0.0874. The number of sulfonamides is 2. The molecule has 10 nitrogen and oxygen atoms in total. The highest BCUT2D eigenvalue weighted by Crippen LogP contribution is 2.32. The van der Waals surface area contributed by atoms with E-state index in [0.29, 0.717) is 4.88 Å². The van der Waals surface area contributed by atoms with Crippen LogP contribution in [0.4, 0.5) is 5.69 Å². The number of anilines is 1. The topological polar surface area (TPSA) is 131 Å². The first kappa shape index (κ1) is 23.5. The molecule has 31 heavy (non-hydrogen) atoms. The largest absolute Gasteiger partial charge is 0.495 e. The molecule has 3 rings (SSSR count). The Hall–Kier alpha value is -2.19. The highest BCUT2D eigenvalue weighted by atomic mass is 32.2. The summed E-state index contributed by atoms with van der Waals surface area (Å²) in [7, 11) is -6.51. The van der Waals surface area contributed by atoms with Gasteiger partial charge in [0.2, 0.25) is 15.9 Å². The van der Waals surface area contributed by atoms with Crippen LogP contribution in [-0.2, 0) is 36.1 Å². The molecule has 13 heteroatoms. The Balaban J connectivity index is 1.86. The molecular formula is C18H23N3O7S3. The standard InChI is InChI=1S/C18H23N3O7S3/c1-13(22)19-12-15-4-6-18(29-15)30(23,24)20-14-3-5-16(27-2)17(11-14)31(25,26)21-7-9-28-10-8-21/h3-6,11,20H,7-10,12H2,1-2H3,(H,19,22). The van der Waals surface area contributed by atoms with Gasteiger partial charge in [0.25, 0.3) is 10.0 Å². The summed E-state index contributed by atoms with van der Waals surface area (Å²) in [5.74, 6) is -0.105. The summed E-state index contributed by atoms with van der Waals surface area (Å²) in [6.45, 7) is 2.57. The van der Waals surface area contributed by atoms with Crippen LogP contribution in [-0.4, -0.2) is 60.5 Å². The minimum atomic E-state index is -3.95. The number of rotatable bonds is 8. The number of hydrogen-bond donors (Lipinski definition) is 2. The number of nitrogens with zero attached hydrogens (tertiary/aromatic N) is 1. The fourth-order valence-corrected chi connectivity index (χ4v) is 6.82. The lowest BCUT2D eigenvalue weighted by Gasteiger charge is -2.26. The zero-order valence-corrected chi connectivity index (χ0v) is 19.4. The third-order valence-corrected chi connectivity index (χ3v) is 9.30. The van der Waals surface area contributed by atoms with Gasteiger partial charge in [-0.15, -0.1) is 11.3 Å². The van der Waals surface area contributed by atoms with Crippen LogP contribution in [0.15, 0.2) is 39.4 Å². The number of hydrogen-bond acceptors (Lipinski definition) is 8. The Morgan fingerprint density at radius 2 is 1.87 bits per heavy atom. The molecule has 0 atom stereocenters. The minimum absolute atomic E-state index is 0.0428.